The van der Waals surface area contributed by atoms with E-state index in [9.17, 15) is 14.7 Å². The molecule has 6 heteroatoms. The summed E-state index contributed by atoms with van der Waals surface area (Å²) in [4.78, 5) is 32.5. The third-order valence-corrected chi connectivity index (χ3v) is 6.06. The van der Waals surface area contributed by atoms with Gasteiger partial charge in [-0.05, 0) is 82.1 Å². The van der Waals surface area contributed by atoms with Gasteiger partial charge in [-0.25, -0.2) is 4.98 Å². The van der Waals surface area contributed by atoms with Crippen LogP contribution in [0.2, 0.25) is 0 Å². The molecule has 2 aromatic heterocycles. The predicted octanol–water partition coefficient (Wildman–Crippen LogP) is 3.15. The van der Waals surface area contributed by atoms with Crippen molar-refractivity contribution in [2.24, 2.45) is 5.92 Å². The number of aryl methyl sites for hydroxylation is 2. The smallest absolute Gasteiger partial charge is 0.261 e. The van der Waals surface area contributed by atoms with Crippen LogP contribution in [0.1, 0.15) is 40.0 Å². The van der Waals surface area contributed by atoms with Gasteiger partial charge in [-0.3, -0.25) is 14.0 Å². The number of carbonyl (C=O) groups excluding carboxylic acids is 1. The fraction of sp³-hybridized carbons (Fsp3) is 0.375. The molecule has 0 radical (unpaired) electrons. The lowest BCUT2D eigenvalue weighted by atomic mass is 9.88. The van der Waals surface area contributed by atoms with Crippen LogP contribution in [0.3, 0.4) is 0 Å². The van der Waals surface area contributed by atoms with Crippen LogP contribution in [0.5, 0.6) is 5.75 Å². The third-order valence-electron chi connectivity index (χ3n) is 6.06. The van der Waals surface area contributed by atoms with Crippen LogP contribution in [0.4, 0.5) is 0 Å². The highest BCUT2D eigenvalue weighted by Gasteiger charge is 2.26. The first-order valence-corrected chi connectivity index (χ1v) is 10.5. The standard InChI is InChI=1S/C24H27N3O3/c1-16-3-8-22-25-17(2)21(24(30)27(22)15-16)11-14-26-12-9-19(10-13-26)23(29)18-4-6-20(28)7-5-18/h3-8,15,19,28H,9-14H2,1-2H3. The Labute approximate surface area is 175 Å². The molecule has 1 fully saturated rings. The van der Waals surface area contributed by atoms with Crippen molar-refractivity contribution in [1.82, 2.24) is 14.3 Å². The molecule has 1 aromatic carbocycles. The zero-order valence-electron chi connectivity index (χ0n) is 17.5. The molecule has 0 unspecified atom stereocenters. The van der Waals surface area contributed by atoms with E-state index < -0.39 is 0 Å². The number of benzene rings is 1. The van der Waals surface area contributed by atoms with Gasteiger partial charge in [-0.15, -0.1) is 0 Å². The lowest BCUT2D eigenvalue weighted by Crippen LogP contribution is -2.38. The lowest BCUT2D eigenvalue weighted by molar-refractivity contribution is 0.0841. The summed E-state index contributed by atoms with van der Waals surface area (Å²) in [6.45, 7) is 6.34. The number of pyridine rings is 1. The van der Waals surface area contributed by atoms with Gasteiger partial charge < -0.3 is 10.0 Å². The van der Waals surface area contributed by atoms with Gasteiger partial charge in [0.25, 0.3) is 5.56 Å². The monoisotopic (exact) mass is 405 g/mol. The van der Waals surface area contributed by atoms with Gasteiger partial charge in [0, 0.05) is 35.5 Å². The molecule has 0 atom stereocenters. The summed E-state index contributed by atoms with van der Waals surface area (Å²) in [7, 11) is 0. The molecule has 1 N–H and O–H groups in total. The number of aromatic nitrogens is 2. The average molecular weight is 405 g/mol. The minimum Gasteiger partial charge on any atom is -0.508 e. The first-order valence-electron chi connectivity index (χ1n) is 10.5. The highest BCUT2D eigenvalue weighted by molar-refractivity contribution is 5.98. The van der Waals surface area contributed by atoms with Gasteiger partial charge in [-0.1, -0.05) is 6.07 Å². The topological polar surface area (TPSA) is 74.9 Å². The number of ketones is 1. The van der Waals surface area contributed by atoms with Crippen molar-refractivity contribution in [3.63, 3.8) is 0 Å². The van der Waals surface area contributed by atoms with E-state index >= 15 is 0 Å². The number of aromatic hydroxyl groups is 1. The zero-order valence-corrected chi connectivity index (χ0v) is 17.5. The van der Waals surface area contributed by atoms with Gasteiger partial charge in [0.15, 0.2) is 5.78 Å². The Bertz CT molecular complexity index is 1130. The fourth-order valence-corrected chi connectivity index (χ4v) is 4.23. The summed E-state index contributed by atoms with van der Waals surface area (Å²) < 4.78 is 1.64. The maximum absolute atomic E-state index is 12.9. The van der Waals surface area contributed by atoms with Crippen molar-refractivity contribution in [3.05, 3.63) is 75.3 Å². The molecule has 6 nitrogen and oxygen atoms in total. The number of piperidine rings is 1. The largest absolute Gasteiger partial charge is 0.508 e. The molecule has 0 aliphatic carbocycles. The second-order valence-electron chi connectivity index (χ2n) is 8.19. The highest BCUT2D eigenvalue weighted by Crippen LogP contribution is 2.23. The number of phenols is 1. The molecular formula is C24H27N3O3. The van der Waals surface area contributed by atoms with Gasteiger partial charge >= 0.3 is 0 Å². The summed E-state index contributed by atoms with van der Waals surface area (Å²) in [5, 5.41) is 9.40. The molecule has 4 rings (SSSR count). The molecule has 0 amide bonds. The average Bonchev–Trinajstić information content (AvgIpc) is 2.75. The van der Waals surface area contributed by atoms with E-state index in [-0.39, 0.29) is 23.0 Å². The fourth-order valence-electron chi connectivity index (χ4n) is 4.23. The Morgan fingerprint density at radius 3 is 2.50 bits per heavy atom. The number of rotatable bonds is 5. The van der Waals surface area contributed by atoms with Crippen molar-refractivity contribution in [2.75, 3.05) is 19.6 Å². The molecule has 0 bridgehead atoms. The van der Waals surface area contributed by atoms with Gasteiger partial charge in [0.2, 0.25) is 0 Å². The van der Waals surface area contributed by atoms with E-state index in [2.05, 4.69) is 9.88 Å². The Balaban J connectivity index is 1.39. The minimum absolute atomic E-state index is 0.0126. The van der Waals surface area contributed by atoms with E-state index in [1.54, 1.807) is 28.7 Å². The number of carbonyl (C=O) groups is 1. The normalized spacial score (nSPS) is 15.5. The molecule has 1 aliphatic rings. The number of hydrogen-bond donors (Lipinski definition) is 1. The van der Waals surface area contributed by atoms with Crippen molar-refractivity contribution in [2.45, 2.75) is 33.1 Å². The molecule has 1 saturated heterocycles. The van der Waals surface area contributed by atoms with Crippen molar-refractivity contribution in [1.29, 1.82) is 0 Å². The Hall–Kier alpha value is -2.99. The summed E-state index contributed by atoms with van der Waals surface area (Å²) in [5.74, 6) is 0.340. The van der Waals surface area contributed by atoms with Crippen molar-refractivity contribution >= 4 is 11.4 Å². The van der Waals surface area contributed by atoms with Crippen LogP contribution in [-0.4, -0.2) is 44.8 Å². The van der Waals surface area contributed by atoms with Gasteiger partial charge in [0.05, 0.1) is 0 Å². The number of nitrogens with zero attached hydrogens (tertiary/aromatic N) is 3. The number of hydrogen-bond acceptors (Lipinski definition) is 5. The Morgan fingerprint density at radius 2 is 1.80 bits per heavy atom. The van der Waals surface area contributed by atoms with Crippen LogP contribution in [0, 0.1) is 19.8 Å². The van der Waals surface area contributed by atoms with Crippen LogP contribution in [0.15, 0.2) is 47.4 Å². The van der Waals surface area contributed by atoms with E-state index in [0.717, 1.165) is 49.3 Å². The van der Waals surface area contributed by atoms with Crippen LogP contribution < -0.4 is 5.56 Å². The molecule has 0 spiro atoms. The third kappa shape index (κ3) is 4.14. The van der Waals surface area contributed by atoms with E-state index in [4.69, 9.17) is 0 Å². The van der Waals surface area contributed by atoms with E-state index in [1.807, 2.05) is 32.2 Å². The van der Waals surface area contributed by atoms with E-state index in [1.165, 1.54) is 0 Å². The summed E-state index contributed by atoms with van der Waals surface area (Å²) >= 11 is 0. The molecule has 1 aliphatic heterocycles. The van der Waals surface area contributed by atoms with Crippen LogP contribution in [-0.2, 0) is 6.42 Å². The lowest BCUT2D eigenvalue weighted by Gasteiger charge is -2.31. The summed E-state index contributed by atoms with van der Waals surface area (Å²) in [6.07, 6.45) is 4.12. The quantitative estimate of drug-likeness (QED) is 0.660. The number of fused-ring (bicyclic) bond motifs is 1. The minimum atomic E-state index is 0.0126. The number of likely N-dealkylation sites (tertiary alicyclic amines) is 1. The first kappa shape index (κ1) is 20.3. The molecular weight excluding hydrogens is 378 g/mol. The molecule has 156 valence electrons. The maximum Gasteiger partial charge on any atom is 0.261 e. The molecule has 30 heavy (non-hydrogen) atoms. The highest BCUT2D eigenvalue weighted by atomic mass is 16.3. The predicted molar refractivity (Wildman–Crippen MR) is 116 cm³/mol. The number of Topliss-reactive ketones (excluding diaryl/α,β-unsaturated/α-hetero) is 1. The summed E-state index contributed by atoms with van der Waals surface area (Å²) in [5.41, 5.74) is 3.94. The second kappa shape index (κ2) is 8.40. The van der Waals surface area contributed by atoms with Crippen LogP contribution in [0.25, 0.3) is 5.65 Å². The second-order valence-corrected chi connectivity index (χ2v) is 8.19. The summed E-state index contributed by atoms with van der Waals surface area (Å²) in [6, 6.07) is 10.3. The Morgan fingerprint density at radius 1 is 1.10 bits per heavy atom. The van der Waals surface area contributed by atoms with Crippen molar-refractivity contribution in [3.8, 4) is 5.75 Å². The van der Waals surface area contributed by atoms with Gasteiger partial charge in [0.1, 0.15) is 11.4 Å². The first-order chi connectivity index (χ1) is 14.4. The van der Waals surface area contributed by atoms with Gasteiger partial charge in [-0.2, -0.15) is 0 Å². The molecule has 3 heterocycles. The van der Waals surface area contributed by atoms with Crippen LogP contribution >= 0.6 is 0 Å². The zero-order chi connectivity index (χ0) is 21.3. The molecule has 3 aromatic rings. The SMILES string of the molecule is Cc1ccc2nc(C)c(CCN3CCC(C(=O)c4ccc(O)cc4)CC3)c(=O)n2c1. The maximum atomic E-state index is 12.9. The number of phenolic OH excluding ortho intramolecular Hbond substituents is 1. The molecule has 0 saturated carbocycles. The van der Waals surface area contributed by atoms with E-state index in [0.29, 0.717) is 17.6 Å². The van der Waals surface area contributed by atoms with Crippen molar-refractivity contribution < 1.29 is 9.90 Å². The Kier molecular flexibility index (Phi) is 5.68.